The van der Waals surface area contributed by atoms with Crippen molar-refractivity contribution < 1.29 is 23.5 Å². The van der Waals surface area contributed by atoms with Crippen molar-refractivity contribution >= 4 is 23.4 Å². The fourth-order valence-corrected chi connectivity index (χ4v) is 2.91. The highest BCUT2D eigenvalue weighted by Crippen LogP contribution is 2.27. The number of esters is 1. The van der Waals surface area contributed by atoms with Crippen LogP contribution in [0.15, 0.2) is 18.2 Å². The Kier molecular flexibility index (Phi) is 7.26. The van der Waals surface area contributed by atoms with Crippen LogP contribution in [0.25, 0.3) is 0 Å². The van der Waals surface area contributed by atoms with Crippen LogP contribution in [0.2, 0.25) is 0 Å². The Hall–Kier alpha value is -3.02. The number of carbonyl (C=O) groups excluding carboxylic acids is 2. The smallest absolute Gasteiger partial charge is 0.410 e. The zero-order valence-corrected chi connectivity index (χ0v) is 17.3. The van der Waals surface area contributed by atoms with Crippen LogP contribution in [0.4, 0.5) is 20.6 Å². The molecule has 1 aliphatic rings. The van der Waals surface area contributed by atoms with E-state index in [1.165, 1.54) is 13.2 Å². The molecule has 2 rings (SSSR count). The van der Waals surface area contributed by atoms with Crippen LogP contribution < -0.4 is 9.80 Å². The summed E-state index contributed by atoms with van der Waals surface area (Å²) in [7, 11) is 1.26. The number of anilines is 2. The molecule has 0 spiro atoms. The Morgan fingerprint density at radius 2 is 1.90 bits per heavy atom. The van der Waals surface area contributed by atoms with Crippen molar-refractivity contribution in [3.05, 3.63) is 24.0 Å². The third-order valence-electron chi connectivity index (χ3n) is 4.40. The Bertz CT molecular complexity index is 780. The number of rotatable bonds is 5. The van der Waals surface area contributed by atoms with Gasteiger partial charge in [0.1, 0.15) is 11.4 Å². The highest BCUT2D eigenvalue weighted by molar-refractivity contribution is 5.71. The molecule has 0 bridgehead atoms. The summed E-state index contributed by atoms with van der Waals surface area (Å²) >= 11 is 0. The number of halogens is 1. The van der Waals surface area contributed by atoms with E-state index >= 15 is 0 Å². The maximum Gasteiger partial charge on any atom is 0.410 e. The molecular formula is C20H27FN4O4. The Balaban J connectivity index is 2.05. The van der Waals surface area contributed by atoms with Crippen LogP contribution in [0, 0.1) is 17.3 Å². The fraction of sp³-hybridized carbons (Fsp3) is 0.550. The molecular weight excluding hydrogens is 379 g/mol. The molecule has 1 saturated heterocycles. The monoisotopic (exact) mass is 406 g/mol. The van der Waals surface area contributed by atoms with Crippen molar-refractivity contribution in [2.75, 3.05) is 49.6 Å². The summed E-state index contributed by atoms with van der Waals surface area (Å²) in [4.78, 5) is 28.3. The van der Waals surface area contributed by atoms with Crippen LogP contribution in [0.3, 0.4) is 0 Å². The van der Waals surface area contributed by atoms with Gasteiger partial charge in [0.05, 0.1) is 19.2 Å². The standard InChI is InChI=1S/C20H27FN4O4/c1-20(2,3)29-19(27)24-11-9-23(10-12-24)15-5-6-16(21)17(13-15)25(14-22)8-7-18(26)28-4/h5-6,13H,7-12H2,1-4H3. The second kappa shape index (κ2) is 9.45. The van der Waals surface area contributed by atoms with Gasteiger partial charge in [0.15, 0.2) is 6.19 Å². The van der Waals surface area contributed by atoms with Gasteiger partial charge >= 0.3 is 12.1 Å². The molecule has 1 heterocycles. The zero-order chi connectivity index (χ0) is 21.6. The Labute approximate surface area is 170 Å². The number of piperazine rings is 1. The van der Waals surface area contributed by atoms with Gasteiger partial charge in [-0.15, -0.1) is 0 Å². The molecule has 1 aliphatic heterocycles. The van der Waals surface area contributed by atoms with Crippen molar-refractivity contribution in [2.45, 2.75) is 32.8 Å². The number of hydrogen-bond donors (Lipinski definition) is 0. The quantitative estimate of drug-likeness (QED) is 0.422. The van der Waals surface area contributed by atoms with Crippen molar-refractivity contribution in [3.63, 3.8) is 0 Å². The molecule has 0 aromatic heterocycles. The second-order valence-electron chi connectivity index (χ2n) is 7.67. The highest BCUT2D eigenvalue weighted by atomic mass is 19.1. The van der Waals surface area contributed by atoms with Gasteiger partial charge in [-0.05, 0) is 39.0 Å². The summed E-state index contributed by atoms with van der Waals surface area (Å²) in [5.74, 6) is -1.02. The summed E-state index contributed by atoms with van der Waals surface area (Å²) in [6.07, 6.45) is 1.53. The number of methoxy groups -OCH3 is 1. The molecule has 1 aromatic rings. The van der Waals surface area contributed by atoms with Gasteiger partial charge in [-0.2, -0.15) is 5.26 Å². The first-order valence-electron chi connectivity index (χ1n) is 9.41. The maximum absolute atomic E-state index is 14.3. The second-order valence-corrected chi connectivity index (χ2v) is 7.67. The van der Waals surface area contributed by atoms with Gasteiger partial charge in [0.25, 0.3) is 0 Å². The lowest BCUT2D eigenvalue weighted by Gasteiger charge is -2.37. The van der Waals surface area contributed by atoms with Crippen LogP contribution in [-0.4, -0.2) is 62.4 Å². The number of nitriles is 1. The molecule has 0 atom stereocenters. The minimum Gasteiger partial charge on any atom is -0.469 e. The lowest BCUT2D eigenvalue weighted by molar-refractivity contribution is -0.140. The first-order valence-corrected chi connectivity index (χ1v) is 9.41. The lowest BCUT2D eigenvalue weighted by Crippen LogP contribution is -2.50. The van der Waals surface area contributed by atoms with E-state index in [1.54, 1.807) is 17.0 Å². The molecule has 29 heavy (non-hydrogen) atoms. The van der Waals surface area contributed by atoms with Crippen molar-refractivity contribution in [1.29, 1.82) is 5.26 Å². The maximum atomic E-state index is 14.3. The first-order chi connectivity index (χ1) is 13.6. The van der Waals surface area contributed by atoms with Gasteiger partial charge in [-0.1, -0.05) is 0 Å². The summed E-state index contributed by atoms with van der Waals surface area (Å²) in [6.45, 7) is 7.55. The topological polar surface area (TPSA) is 86.1 Å². The lowest BCUT2D eigenvalue weighted by atomic mass is 10.2. The van der Waals surface area contributed by atoms with Crippen LogP contribution in [-0.2, 0) is 14.3 Å². The van der Waals surface area contributed by atoms with E-state index < -0.39 is 17.4 Å². The van der Waals surface area contributed by atoms with Gasteiger partial charge in [0.2, 0.25) is 0 Å². The fourth-order valence-electron chi connectivity index (χ4n) is 2.91. The number of ether oxygens (including phenoxy) is 2. The molecule has 0 radical (unpaired) electrons. The summed E-state index contributed by atoms with van der Waals surface area (Å²) in [6, 6.07) is 4.52. The van der Waals surface area contributed by atoms with E-state index in [2.05, 4.69) is 4.74 Å². The van der Waals surface area contributed by atoms with Gasteiger partial charge in [0, 0.05) is 38.4 Å². The van der Waals surface area contributed by atoms with E-state index in [9.17, 15) is 19.2 Å². The van der Waals surface area contributed by atoms with Gasteiger partial charge < -0.3 is 19.3 Å². The highest BCUT2D eigenvalue weighted by Gasteiger charge is 2.26. The average Bonchev–Trinajstić information content (AvgIpc) is 2.68. The molecule has 0 saturated carbocycles. The number of amides is 1. The van der Waals surface area contributed by atoms with E-state index in [4.69, 9.17) is 4.74 Å². The molecule has 1 amide bonds. The molecule has 158 valence electrons. The van der Waals surface area contributed by atoms with E-state index in [1.807, 2.05) is 31.9 Å². The van der Waals surface area contributed by atoms with E-state index in [-0.39, 0.29) is 24.7 Å². The number of benzene rings is 1. The minimum atomic E-state index is -0.551. The van der Waals surface area contributed by atoms with Gasteiger partial charge in [-0.25, -0.2) is 9.18 Å². The predicted molar refractivity (Wildman–Crippen MR) is 106 cm³/mol. The van der Waals surface area contributed by atoms with Crippen molar-refractivity contribution in [2.24, 2.45) is 0 Å². The molecule has 1 fully saturated rings. The van der Waals surface area contributed by atoms with Gasteiger partial charge in [-0.3, -0.25) is 9.69 Å². The van der Waals surface area contributed by atoms with Crippen molar-refractivity contribution in [3.8, 4) is 6.19 Å². The number of carbonyl (C=O) groups is 2. The molecule has 0 N–H and O–H groups in total. The Morgan fingerprint density at radius 1 is 1.24 bits per heavy atom. The van der Waals surface area contributed by atoms with Crippen molar-refractivity contribution in [1.82, 2.24) is 4.90 Å². The average molecular weight is 406 g/mol. The van der Waals surface area contributed by atoms with E-state index in [0.29, 0.717) is 26.2 Å². The predicted octanol–water partition coefficient (Wildman–Crippen LogP) is 2.73. The largest absolute Gasteiger partial charge is 0.469 e. The van der Waals surface area contributed by atoms with E-state index in [0.717, 1.165) is 10.6 Å². The summed E-state index contributed by atoms with van der Waals surface area (Å²) in [5, 5.41) is 9.36. The minimum absolute atomic E-state index is 0.0238. The molecule has 8 nitrogen and oxygen atoms in total. The molecule has 0 aliphatic carbocycles. The zero-order valence-electron chi connectivity index (χ0n) is 17.3. The van der Waals surface area contributed by atoms with Crippen LogP contribution in [0.1, 0.15) is 27.2 Å². The molecule has 9 heteroatoms. The number of hydrogen-bond acceptors (Lipinski definition) is 7. The SMILES string of the molecule is COC(=O)CCN(C#N)c1cc(N2CCN(C(=O)OC(C)(C)C)CC2)ccc1F. The number of nitrogens with zero attached hydrogens (tertiary/aromatic N) is 4. The summed E-state index contributed by atoms with van der Waals surface area (Å²) < 4.78 is 24.3. The van der Waals surface area contributed by atoms with Crippen LogP contribution in [0.5, 0.6) is 0 Å². The van der Waals surface area contributed by atoms with Crippen LogP contribution >= 0.6 is 0 Å². The first kappa shape index (κ1) is 22.3. The third kappa shape index (κ3) is 6.24. The third-order valence-corrected chi connectivity index (χ3v) is 4.40. The molecule has 1 aromatic carbocycles. The molecule has 0 unspecified atom stereocenters. The Morgan fingerprint density at radius 3 is 2.45 bits per heavy atom. The summed E-state index contributed by atoms with van der Waals surface area (Å²) in [5.41, 5.74) is 0.289. The normalized spacial score (nSPS) is 14.2.